The molecule has 9 heteroatoms. The standard InChI is InChI=1S/C15H14F3N3O2S/c1-8-3-4-10(7-9(8)2)11(22)5-6-12(23)19-14-21-20-13(24-14)15(16,17)18/h3-4,7H,5-6H2,1-2H3,(H,19,21,23). The van der Waals surface area contributed by atoms with E-state index in [1.54, 1.807) is 12.1 Å². The van der Waals surface area contributed by atoms with Gasteiger partial charge in [0.1, 0.15) is 0 Å². The van der Waals surface area contributed by atoms with Crippen molar-refractivity contribution < 1.29 is 22.8 Å². The van der Waals surface area contributed by atoms with E-state index < -0.39 is 17.1 Å². The van der Waals surface area contributed by atoms with Gasteiger partial charge in [0.2, 0.25) is 16.0 Å². The first-order valence-corrected chi connectivity index (χ1v) is 7.79. The SMILES string of the molecule is Cc1ccc(C(=O)CCC(=O)Nc2nnc(C(F)(F)F)s2)cc1C. The molecular formula is C15H14F3N3O2S. The molecule has 0 unspecified atom stereocenters. The van der Waals surface area contributed by atoms with Gasteiger partial charge in [-0.3, -0.25) is 9.59 Å². The third-order valence-corrected chi connectivity index (χ3v) is 4.21. The van der Waals surface area contributed by atoms with Gasteiger partial charge in [-0.1, -0.05) is 23.5 Å². The second-order valence-electron chi connectivity index (χ2n) is 5.18. The molecule has 24 heavy (non-hydrogen) atoms. The zero-order chi connectivity index (χ0) is 17.9. The topological polar surface area (TPSA) is 72.0 Å². The van der Waals surface area contributed by atoms with Crippen molar-refractivity contribution in [2.75, 3.05) is 5.32 Å². The maximum atomic E-state index is 12.4. The fourth-order valence-corrected chi connectivity index (χ4v) is 2.48. The molecule has 2 aromatic rings. The Morgan fingerprint density at radius 2 is 1.83 bits per heavy atom. The number of ketones is 1. The number of hydrogen-bond acceptors (Lipinski definition) is 5. The van der Waals surface area contributed by atoms with Crippen LogP contribution in [0, 0.1) is 13.8 Å². The Bertz CT molecular complexity index is 772. The number of alkyl halides is 3. The van der Waals surface area contributed by atoms with Crippen LogP contribution >= 0.6 is 11.3 Å². The number of aromatic nitrogens is 2. The number of Topliss-reactive ketones (excluding diaryl/α,β-unsaturated/α-hetero) is 1. The van der Waals surface area contributed by atoms with Gasteiger partial charge in [-0.25, -0.2) is 0 Å². The van der Waals surface area contributed by atoms with E-state index in [1.807, 2.05) is 19.9 Å². The molecule has 0 bridgehead atoms. The molecule has 0 fully saturated rings. The summed E-state index contributed by atoms with van der Waals surface area (Å²) in [5.74, 6) is -0.793. The number of hydrogen-bond donors (Lipinski definition) is 1. The first-order valence-electron chi connectivity index (χ1n) is 6.98. The van der Waals surface area contributed by atoms with Gasteiger partial charge in [0.05, 0.1) is 0 Å². The minimum absolute atomic E-state index is 0.0424. The van der Waals surface area contributed by atoms with E-state index in [1.165, 1.54) is 0 Å². The zero-order valence-electron chi connectivity index (χ0n) is 12.9. The van der Waals surface area contributed by atoms with Crippen molar-refractivity contribution in [2.24, 2.45) is 0 Å². The van der Waals surface area contributed by atoms with Gasteiger partial charge in [-0.05, 0) is 31.0 Å². The monoisotopic (exact) mass is 357 g/mol. The van der Waals surface area contributed by atoms with Crippen molar-refractivity contribution in [3.05, 3.63) is 39.9 Å². The predicted molar refractivity (Wildman–Crippen MR) is 83.0 cm³/mol. The lowest BCUT2D eigenvalue weighted by molar-refractivity contribution is -0.138. The third kappa shape index (κ3) is 4.60. The molecule has 0 aliphatic carbocycles. The minimum atomic E-state index is -4.60. The number of nitrogens with zero attached hydrogens (tertiary/aromatic N) is 2. The largest absolute Gasteiger partial charge is 0.445 e. The molecule has 0 saturated heterocycles. The Morgan fingerprint density at radius 3 is 2.42 bits per heavy atom. The molecule has 0 aliphatic heterocycles. The summed E-state index contributed by atoms with van der Waals surface area (Å²) in [5, 5.41) is 7.06. The fraction of sp³-hybridized carbons (Fsp3) is 0.333. The molecule has 1 aromatic heterocycles. The van der Waals surface area contributed by atoms with E-state index in [0.29, 0.717) is 5.56 Å². The van der Waals surface area contributed by atoms with Crippen LogP contribution in [0.5, 0.6) is 0 Å². The normalized spacial score (nSPS) is 11.4. The number of rotatable bonds is 5. The number of halogens is 3. The Hall–Kier alpha value is -2.29. The number of carbonyl (C=O) groups is 2. The number of anilines is 1. The fourth-order valence-electron chi connectivity index (χ4n) is 1.86. The van der Waals surface area contributed by atoms with Gasteiger partial charge in [-0.15, -0.1) is 10.2 Å². The molecule has 1 heterocycles. The smallest absolute Gasteiger partial charge is 0.301 e. The highest BCUT2D eigenvalue weighted by Crippen LogP contribution is 2.33. The van der Waals surface area contributed by atoms with Crippen LogP contribution in [0.1, 0.15) is 39.3 Å². The van der Waals surface area contributed by atoms with Gasteiger partial charge >= 0.3 is 6.18 Å². The first kappa shape index (κ1) is 18.1. The Morgan fingerprint density at radius 1 is 1.12 bits per heavy atom. The van der Waals surface area contributed by atoms with Crippen LogP contribution in [-0.4, -0.2) is 21.9 Å². The Balaban J connectivity index is 1.89. The van der Waals surface area contributed by atoms with E-state index in [0.717, 1.165) is 11.1 Å². The van der Waals surface area contributed by atoms with Crippen LogP contribution in [0.25, 0.3) is 0 Å². The second kappa shape index (κ2) is 7.08. The van der Waals surface area contributed by atoms with E-state index in [2.05, 4.69) is 15.5 Å². The number of nitrogens with one attached hydrogen (secondary N) is 1. The molecule has 0 radical (unpaired) electrons. The van der Waals surface area contributed by atoms with Crippen molar-refractivity contribution in [2.45, 2.75) is 32.9 Å². The van der Waals surface area contributed by atoms with Crippen LogP contribution in [0.2, 0.25) is 0 Å². The zero-order valence-corrected chi connectivity index (χ0v) is 13.7. The van der Waals surface area contributed by atoms with E-state index in [4.69, 9.17) is 0 Å². The van der Waals surface area contributed by atoms with Gasteiger partial charge in [0.15, 0.2) is 5.78 Å². The highest BCUT2D eigenvalue weighted by Gasteiger charge is 2.35. The van der Waals surface area contributed by atoms with Crippen molar-refractivity contribution in [1.82, 2.24) is 10.2 Å². The highest BCUT2D eigenvalue weighted by atomic mass is 32.1. The van der Waals surface area contributed by atoms with Crippen LogP contribution < -0.4 is 5.32 Å². The molecule has 5 nitrogen and oxygen atoms in total. The first-order chi connectivity index (χ1) is 11.2. The van der Waals surface area contributed by atoms with E-state index in [-0.39, 0.29) is 35.1 Å². The van der Waals surface area contributed by atoms with Crippen LogP contribution in [-0.2, 0) is 11.0 Å². The molecule has 128 valence electrons. The number of aryl methyl sites for hydroxylation is 2. The summed E-state index contributed by atoms with van der Waals surface area (Å²) >= 11 is 0.238. The predicted octanol–water partition coefficient (Wildman–Crippen LogP) is 3.78. The summed E-state index contributed by atoms with van der Waals surface area (Å²) in [6, 6.07) is 5.25. The van der Waals surface area contributed by atoms with Gasteiger partial charge in [0.25, 0.3) is 0 Å². The molecule has 0 saturated carbocycles. The molecule has 2 rings (SSSR count). The molecule has 0 atom stereocenters. The molecular weight excluding hydrogens is 343 g/mol. The molecule has 0 aliphatic rings. The summed E-state index contributed by atoms with van der Waals surface area (Å²) in [6.45, 7) is 3.81. The lowest BCUT2D eigenvalue weighted by Gasteiger charge is -2.05. The number of benzene rings is 1. The summed E-state index contributed by atoms with van der Waals surface area (Å²) in [7, 11) is 0. The van der Waals surface area contributed by atoms with Gasteiger partial charge in [0, 0.05) is 18.4 Å². The average Bonchev–Trinajstić information content (AvgIpc) is 2.96. The lowest BCUT2D eigenvalue weighted by atomic mass is 10.0. The maximum absolute atomic E-state index is 12.4. The van der Waals surface area contributed by atoms with Crippen LogP contribution in [0.15, 0.2) is 18.2 Å². The van der Waals surface area contributed by atoms with Crippen molar-refractivity contribution in [3.63, 3.8) is 0 Å². The lowest BCUT2D eigenvalue weighted by Crippen LogP contribution is -2.13. The summed E-state index contributed by atoms with van der Waals surface area (Å²) in [6.07, 6.45) is -4.79. The molecule has 1 aromatic carbocycles. The molecule has 1 N–H and O–H groups in total. The summed E-state index contributed by atoms with van der Waals surface area (Å²) in [4.78, 5) is 23.8. The molecule has 0 spiro atoms. The minimum Gasteiger partial charge on any atom is -0.301 e. The highest BCUT2D eigenvalue weighted by molar-refractivity contribution is 7.15. The van der Waals surface area contributed by atoms with Gasteiger partial charge in [-0.2, -0.15) is 13.2 Å². The second-order valence-corrected chi connectivity index (χ2v) is 6.16. The van der Waals surface area contributed by atoms with Crippen molar-refractivity contribution in [3.8, 4) is 0 Å². The average molecular weight is 357 g/mol. The third-order valence-electron chi connectivity index (χ3n) is 3.32. The Kier molecular flexibility index (Phi) is 5.33. The van der Waals surface area contributed by atoms with Crippen molar-refractivity contribution in [1.29, 1.82) is 0 Å². The van der Waals surface area contributed by atoms with Gasteiger partial charge < -0.3 is 5.32 Å². The number of amides is 1. The quantitative estimate of drug-likeness (QED) is 0.827. The van der Waals surface area contributed by atoms with Crippen LogP contribution in [0.3, 0.4) is 0 Å². The van der Waals surface area contributed by atoms with Crippen LogP contribution in [0.4, 0.5) is 18.3 Å². The Labute approximate surface area is 139 Å². The van der Waals surface area contributed by atoms with E-state index in [9.17, 15) is 22.8 Å². The summed E-state index contributed by atoms with van der Waals surface area (Å²) in [5.41, 5.74) is 2.53. The van der Waals surface area contributed by atoms with E-state index >= 15 is 0 Å². The maximum Gasteiger partial charge on any atom is 0.445 e. The number of carbonyl (C=O) groups excluding carboxylic acids is 2. The van der Waals surface area contributed by atoms with Crippen molar-refractivity contribution >= 4 is 28.2 Å². The molecule has 1 amide bonds. The summed E-state index contributed by atoms with van der Waals surface area (Å²) < 4.78 is 37.2.